The molecule has 0 aliphatic heterocycles. The maximum Gasteiger partial charge on any atom is 0.120 e. The van der Waals surface area contributed by atoms with E-state index >= 15 is 0 Å². The first-order valence-electron chi connectivity index (χ1n) is 5.91. The monoisotopic (exact) mass is 243 g/mol. The van der Waals surface area contributed by atoms with Crippen molar-refractivity contribution in [2.45, 2.75) is 19.9 Å². The van der Waals surface area contributed by atoms with Crippen LogP contribution in [0.15, 0.2) is 42.5 Å². The third kappa shape index (κ3) is 2.74. The van der Waals surface area contributed by atoms with E-state index in [-0.39, 0.29) is 17.5 Å². The normalized spacial score (nSPS) is 12.1. The van der Waals surface area contributed by atoms with E-state index in [0.29, 0.717) is 0 Å². The molecule has 0 spiro atoms. The number of aryl methyl sites for hydroxylation is 1. The zero-order chi connectivity index (χ0) is 13.1. The van der Waals surface area contributed by atoms with Crippen LogP contribution in [0.4, 0.5) is 5.69 Å². The number of nitrogens with one attached hydrogen (secondary N) is 1. The van der Waals surface area contributed by atoms with Crippen LogP contribution >= 0.6 is 0 Å². The summed E-state index contributed by atoms with van der Waals surface area (Å²) < 4.78 is 0. The van der Waals surface area contributed by atoms with Crippen LogP contribution in [0.5, 0.6) is 11.5 Å². The Bertz CT molecular complexity index is 552. The average Bonchev–Trinajstić information content (AvgIpc) is 2.34. The summed E-state index contributed by atoms with van der Waals surface area (Å²) in [5, 5.41) is 22.4. The van der Waals surface area contributed by atoms with Gasteiger partial charge in [0.25, 0.3) is 0 Å². The van der Waals surface area contributed by atoms with Crippen molar-refractivity contribution in [2.75, 3.05) is 5.32 Å². The molecule has 94 valence electrons. The van der Waals surface area contributed by atoms with Crippen molar-refractivity contribution in [3.05, 3.63) is 53.6 Å². The number of aromatic hydroxyl groups is 2. The number of anilines is 1. The summed E-state index contributed by atoms with van der Waals surface area (Å²) in [6.45, 7) is 3.86. The molecule has 0 saturated carbocycles. The summed E-state index contributed by atoms with van der Waals surface area (Å²) in [5.74, 6) is 0.538. The van der Waals surface area contributed by atoms with Crippen LogP contribution in [0.1, 0.15) is 24.1 Å². The summed E-state index contributed by atoms with van der Waals surface area (Å²) in [7, 11) is 0. The van der Waals surface area contributed by atoms with Gasteiger partial charge in [0.2, 0.25) is 0 Å². The van der Waals surface area contributed by atoms with E-state index in [1.165, 1.54) is 0 Å². The van der Waals surface area contributed by atoms with Gasteiger partial charge in [-0.1, -0.05) is 18.2 Å². The van der Waals surface area contributed by atoms with E-state index in [1.54, 1.807) is 18.2 Å². The molecule has 0 saturated heterocycles. The third-order valence-electron chi connectivity index (χ3n) is 2.96. The lowest BCUT2D eigenvalue weighted by atomic mass is 10.1. The number of phenolic OH excluding ortho intramolecular Hbond substituents is 2. The molecule has 3 nitrogen and oxygen atoms in total. The van der Waals surface area contributed by atoms with Crippen molar-refractivity contribution in [3.63, 3.8) is 0 Å². The summed E-state index contributed by atoms with van der Waals surface area (Å²) in [6, 6.07) is 12.7. The lowest BCUT2D eigenvalue weighted by Gasteiger charge is -2.16. The summed E-state index contributed by atoms with van der Waals surface area (Å²) >= 11 is 0. The Labute approximate surface area is 107 Å². The Morgan fingerprint density at radius 2 is 1.83 bits per heavy atom. The highest BCUT2D eigenvalue weighted by atomic mass is 16.3. The number of rotatable bonds is 3. The molecule has 2 aromatic rings. The van der Waals surface area contributed by atoms with Gasteiger partial charge >= 0.3 is 0 Å². The minimum Gasteiger partial charge on any atom is -0.508 e. The standard InChI is InChI=1S/C15H17NO2/c1-10-6-7-13(9-15(10)18)16-11(2)12-4-3-5-14(17)8-12/h3-9,11,16-18H,1-2H3. The first-order chi connectivity index (χ1) is 8.56. The molecule has 0 radical (unpaired) electrons. The predicted octanol–water partition coefficient (Wildman–Crippen LogP) is 3.58. The van der Waals surface area contributed by atoms with E-state index in [2.05, 4.69) is 5.32 Å². The Morgan fingerprint density at radius 1 is 1.06 bits per heavy atom. The van der Waals surface area contributed by atoms with Gasteiger partial charge in [0, 0.05) is 17.8 Å². The molecule has 2 rings (SSSR count). The predicted molar refractivity (Wildman–Crippen MR) is 73.0 cm³/mol. The van der Waals surface area contributed by atoms with Gasteiger partial charge in [0.05, 0.1) is 0 Å². The fraction of sp³-hybridized carbons (Fsp3) is 0.200. The molecule has 0 heterocycles. The Hall–Kier alpha value is -2.16. The minimum absolute atomic E-state index is 0.0548. The smallest absolute Gasteiger partial charge is 0.120 e. The van der Waals surface area contributed by atoms with Crippen molar-refractivity contribution in [1.29, 1.82) is 0 Å². The fourth-order valence-electron chi connectivity index (χ4n) is 1.83. The lowest BCUT2D eigenvalue weighted by Crippen LogP contribution is -2.06. The van der Waals surface area contributed by atoms with Gasteiger partial charge in [0.1, 0.15) is 11.5 Å². The largest absolute Gasteiger partial charge is 0.508 e. The highest BCUT2D eigenvalue weighted by Crippen LogP contribution is 2.25. The molecule has 3 heteroatoms. The second kappa shape index (κ2) is 5.00. The highest BCUT2D eigenvalue weighted by molar-refractivity contribution is 5.52. The van der Waals surface area contributed by atoms with Crippen molar-refractivity contribution in [1.82, 2.24) is 0 Å². The van der Waals surface area contributed by atoms with Crippen molar-refractivity contribution < 1.29 is 10.2 Å². The van der Waals surface area contributed by atoms with Crippen LogP contribution in [0.2, 0.25) is 0 Å². The van der Waals surface area contributed by atoms with Crippen LogP contribution in [-0.2, 0) is 0 Å². The van der Waals surface area contributed by atoms with Crippen LogP contribution in [-0.4, -0.2) is 10.2 Å². The van der Waals surface area contributed by atoms with E-state index in [0.717, 1.165) is 16.8 Å². The van der Waals surface area contributed by atoms with Crippen molar-refractivity contribution in [2.24, 2.45) is 0 Å². The highest BCUT2D eigenvalue weighted by Gasteiger charge is 2.06. The quantitative estimate of drug-likeness (QED) is 0.772. The molecule has 0 aromatic heterocycles. The number of phenols is 2. The topological polar surface area (TPSA) is 52.5 Å². The van der Waals surface area contributed by atoms with E-state index in [9.17, 15) is 10.2 Å². The van der Waals surface area contributed by atoms with Gasteiger partial charge in [-0.2, -0.15) is 0 Å². The molecule has 0 fully saturated rings. The zero-order valence-corrected chi connectivity index (χ0v) is 10.5. The molecule has 1 atom stereocenters. The molecule has 2 aromatic carbocycles. The van der Waals surface area contributed by atoms with Gasteiger partial charge in [-0.25, -0.2) is 0 Å². The number of hydrogen-bond acceptors (Lipinski definition) is 3. The van der Waals surface area contributed by atoms with E-state index in [4.69, 9.17) is 0 Å². The molecule has 0 bridgehead atoms. The fourth-order valence-corrected chi connectivity index (χ4v) is 1.83. The van der Waals surface area contributed by atoms with Crippen molar-refractivity contribution >= 4 is 5.69 Å². The molecule has 0 aliphatic rings. The summed E-state index contributed by atoms with van der Waals surface area (Å²) in [6.07, 6.45) is 0. The Morgan fingerprint density at radius 3 is 2.50 bits per heavy atom. The first-order valence-corrected chi connectivity index (χ1v) is 5.91. The van der Waals surface area contributed by atoms with Crippen LogP contribution in [0.25, 0.3) is 0 Å². The second-order valence-electron chi connectivity index (χ2n) is 4.46. The maximum atomic E-state index is 9.65. The average molecular weight is 243 g/mol. The van der Waals surface area contributed by atoms with Crippen molar-refractivity contribution in [3.8, 4) is 11.5 Å². The summed E-state index contributed by atoms with van der Waals surface area (Å²) in [4.78, 5) is 0. The van der Waals surface area contributed by atoms with Crippen LogP contribution in [0.3, 0.4) is 0 Å². The van der Waals surface area contributed by atoms with Gasteiger partial charge in [0.15, 0.2) is 0 Å². The lowest BCUT2D eigenvalue weighted by molar-refractivity contribution is 0.471. The Kier molecular flexibility index (Phi) is 3.42. The van der Waals surface area contributed by atoms with Crippen LogP contribution in [0, 0.1) is 6.92 Å². The van der Waals surface area contributed by atoms with Gasteiger partial charge in [-0.3, -0.25) is 0 Å². The van der Waals surface area contributed by atoms with Gasteiger partial charge in [-0.15, -0.1) is 0 Å². The zero-order valence-electron chi connectivity index (χ0n) is 10.5. The number of benzene rings is 2. The maximum absolute atomic E-state index is 9.65. The third-order valence-corrected chi connectivity index (χ3v) is 2.96. The minimum atomic E-state index is 0.0548. The van der Waals surface area contributed by atoms with Crippen LogP contribution < -0.4 is 5.32 Å². The summed E-state index contributed by atoms with van der Waals surface area (Å²) in [5.41, 5.74) is 2.70. The number of hydrogen-bond donors (Lipinski definition) is 3. The first kappa shape index (κ1) is 12.3. The SMILES string of the molecule is Cc1ccc(NC(C)c2cccc(O)c2)cc1O. The molecule has 0 amide bonds. The molecule has 3 N–H and O–H groups in total. The van der Waals surface area contributed by atoms with Gasteiger partial charge < -0.3 is 15.5 Å². The molecular weight excluding hydrogens is 226 g/mol. The molecular formula is C15H17NO2. The molecule has 0 aliphatic carbocycles. The van der Waals surface area contributed by atoms with Gasteiger partial charge in [-0.05, 0) is 43.2 Å². The molecule has 1 unspecified atom stereocenters. The second-order valence-corrected chi connectivity index (χ2v) is 4.46. The molecule has 18 heavy (non-hydrogen) atoms. The Balaban J connectivity index is 2.16. The van der Waals surface area contributed by atoms with E-state index < -0.39 is 0 Å². The van der Waals surface area contributed by atoms with E-state index in [1.807, 2.05) is 38.1 Å².